The summed E-state index contributed by atoms with van der Waals surface area (Å²) < 4.78 is 2.01. The summed E-state index contributed by atoms with van der Waals surface area (Å²) in [6.45, 7) is 1.20. The van der Waals surface area contributed by atoms with E-state index in [1.165, 1.54) is 0 Å². The Morgan fingerprint density at radius 3 is 2.59 bits per heavy atom. The predicted octanol–water partition coefficient (Wildman–Crippen LogP) is 2.74. The summed E-state index contributed by atoms with van der Waals surface area (Å²) >= 11 is 12.3. The average Bonchev–Trinajstić information content (AvgIpc) is 2.72. The molecule has 2 N–H and O–H groups in total. The molecular weight excluding hydrogens is 257 g/mol. The number of nitrogens with two attached hydrogens (primary N) is 1. The van der Waals surface area contributed by atoms with Gasteiger partial charge in [-0.15, -0.1) is 0 Å². The molecule has 0 bridgehead atoms. The van der Waals surface area contributed by atoms with Crippen molar-refractivity contribution in [3.05, 3.63) is 52.0 Å². The number of aromatic nitrogens is 2. The van der Waals surface area contributed by atoms with Crippen LogP contribution in [0.1, 0.15) is 11.4 Å². The molecule has 1 heterocycles. The van der Waals surface area contributed by atoms with E-state index in [9.17, 15) is 0 Å². The SMILES string of the molecule is NCCc1nccn1Cc1c(Cl)cccc1Cl. The van der Waals surface area contributed by atoms with Crippen molar-refractivity contribution in [1.29, 1.82) is 0 Å². The maximum absolute atomic E-state index is 6.13. The van der Waals surface area contributed by atoms with Crippen LogP contribution in [0.25, 0.3) is 0 Å². The van der Waals surface area contributed by atoms with Crippen LogP contribution >= 0.6 is 23.2 Å². The summed E-state index contributed by atoms with van der Waals surface area (Å²) in [5, 5.41) is 1.34. The average molecular weight is 270 g/mol. The minimum atomic E-state index is 0.577. The Morgan fingerprint density at radius 2 is 1.94 bits per heavy atom. The van der Waals surface area contributed by atoms with E-state index in [1.807, 2.05) is 29.0 Å². The second-order valence-corrected chi connectivity index (χ2v) is 4.52. The summed E-state index contributed by atoms with van der Waals surface area (Å²) in [6.07, 6.45) is 4.41. The first kappa shape index (κ1) is 12.4. The standard InChI is InChI=1S/C12H13Cl2N3/c13-10-2-1-3-11(14)9(10)8-17-7-6-16-12(17)4-5-15/h1-3,6-7H,4-5,8,15H2. The minimum absolute atomic E-state index is 0.577. The van der Waals surface area contributed by atoms with E-state index < -0.39 is 0 Å². The molecule has 2 rings (SSSR count). The van der Waals surface area contributed by atoms with Gasteiger partial charge in [0.1, 0.15) is 5.82 Å². The maximum atomic E-state index is 6.13. The molecule has 0 fully saturated rings. The second-order valence-electron chi connectivity index (χ2n) is 3.71. The fourth-order valence-electron chi connectivity index (χ4n) is 1.69. The Morgan fingerprint density at radius 1 is 1.24 bits per heavy atom. The van der Waals surface area contributed by atoms with Crippen molar-refractivity contribution in [3.63, 3.8) is 0 Å². The molecule has 5 heteroatoms. The summed E-state index contributed by atoms with van der Waals surface area (Å²) in [5.74, 6) is 0.948. The normalized spacial score (nSPS) is 10.8. The predicted molar refractivity (Wildman–Crippen MR) is 70.5 cm³/mol. The number of rotatable bonds is 4. The van der Waals surface area contributed by atoms with Crippen molar-refractivity contribution in [2.24, 2.45) is 5.73 Å². The lowest BCUT2D eigenvalue weighted by molar-refractivity contribution is 0.717. The molecule has 0 amide bonds. The number of halogens is 2. The van der Waals surface area contributed by atoms with Gasteiger partial charge in [0, 0.05) is 34.4 Å². The van der Waals surface area contributed by atoms with Crippen molar-refractivity contribution in [2.45, 2.75) is 13.0 Å². The fourth-order valence-corrected chi connectivity index (χ4v) is 2.21. The zero-order chi connectivity index (χ0) is 12.3. The molecule has 0 aliphatic rings. The summed E-state index contributed by atoms with van der Waals surface area (Å²) in [4.78, 5) is 4.26. The van der Waals surface area contributed by atoms with E-state index >= 15 is 0 Å². The molecule has 2 aromatic rings. The van der Waals surface area contributed by atoms with Crippen molar-refractivity contribution in [1.82, 2.24) is 9.55 Å². The van der Waals surface area contributed by atoms with Gasteiger partial charge in [0.05, 0.1) is 6.54 Å². The van der Waals surface area contributed by atoms with Crippen LogP contribution in [0.5, 0.6) is 0 Å². The maximum Gasteiger partial charge on any atom is 0.110 e. The molecule has 0 saturated carbocycles. The lowest BCUT2D eigenvalue weighted by Crippen LogP contribution is -2.10. The van der Waals surface area contributed by atoms with Gasteiger partial charge < -0.3 is 10.3 Å². The van der Waals surface area contributed by atoms with Crippen molar-refractivity contribution >= 4 is 23.2 Å². The summed E-state index contributed by atoms with van der Waals surface area (Å²) in [6, 6.07) is 5.51. The number of benzene rings is 1. The van der Waals surface area contributed by atoms with Gasteiger partial charge in [-0.3, -0.25) is 0 Å². The minimum Gasteiger partial charge on any atom is -0.330 e. The lowest BCUT2D eigenvalue weighted by Gasteiger charge is -2.10. The Hall–Kier alpha value is -1.03. The molecular formula is C12H13Cl2N3. The van der Waals surface area contributed by atoms with E-state index in [2.05, 4.69) is 4.98 Å². The third-order valence-corrected chi connectivity index (χ3v) is 3.27. The van der Waals surface area contributed by atoms with Crippen LogP contribution in [0.4, 0.5) is 0 Å². The molecule has 0 aliphatic carbocycles. The van der Waals surface area contributed by atoms with Crippen LogP contribution in [-0.2, 0) is 13.0 Å². The topological polar surface area (TPSA) is 43.8 Å². The highest BCUT2D eigenvalue weighted by Crippen LogP contribution is 2.25. The van der Waals surface area contributed by atoms with Crippen molar-refractivity contribution in [3.8, 4) is 0 Å². The quantitative estimate of drug-likeness (QED) is 0.928. The largest absolute Gasteiger partial charge is 0.330 e. The highest BCUT2D eigenvalue weighted by atomic mass is 35.5. The third kappa shape index (κ3) is 2.80. The lowest BCUT2D eigenvalue weighted by atomic mass is 10.2. The molecule has 0 spiro atoms. The highest BCUT2D eigenvalue weighted by Gasteiger charge is 2.08. The molecule has 0 saturated heterocycles. The Labute approximate surface area is 110 Å². The van der Waals surface area contributed by atoms with Crippen LogP contribution in [0.3, 0.4) is 0 Å². The van der Waals surface area contributed by atoms with Crippen molar-refractivity contribution in [2.75, 3.05) is 6.54 Å². The van der Waals surface area contributed by atoms with Crippen molar-refractivity contribution < 1.29 is 0 Å². The second kappa shape index (κ2) is 5.54. The molecule has 0 aliphatic heterocycles. The van der Waals surface area contributed by atoms with E-state index in [0.29, 0.717) is 23.1 Å². The molecule has 1 aromatic carbocycles. The van der Waals surface area contributed by atoms with Gasteiger partial charge >= 0.3 is 0 Å². The monoisotopic (exact) mass is 269 g/mol. The van der Waals surface area contributed by atoms with E-state index in [-0.39, 0.29) is 0 Å². The van der Waals surface area contributed by atoms with Crippen LogP contribution < -0.4 is 5.73 Å². The van der Waals surface area contributed by atoms with Gasteiger partial charge in [0.2, 0.25) is 0 Å². The summed E-state index contributed by atoms with van der Waals surface area (Å²) in [7, 11) is 0. The van der Waals surface area contributed by atoms with Gasteiger partial charge in [-0.1, -0.05) is 29.3 Å². The number of hydrogen-bond acceptors (Lipinski definition) is 2. The van der Waals surface area contributed by atoms with Gasteiger partial charge in [-0.05, 0) is 18.7 Å². The first-order chi connectivity index (χ1) is 8.22. The molecule has 1 aromatic heterocycles. The highest BCUT2D eigenvalue weighted by molar-refractivity contribution is 6.35. The van der Waals surface area contributed by atoms with Gasteiger partial charge in [0.15, 0.2) is 0 Å². The van der Waals surface area contributed by atoms with Gasteiger partial charge in [-0.2, -0.15) is 0 Å². The van der Waals surface area contributed by atoms with E-state index in [0.717, 1.165) is 17.8 Å². The number of nitrogens with zero attached hydrogens (tertiary/aromatic N) is 2. The molecule has 3 nitrogen and oxygen atoms in total. The van der Waals surface area contributed by atoms with Crippen LogP contribution in [0, 0.1) is 0 Å². The number of imidazole rings is 1. The Balaban J connectivity index is 2.28. The molecule has 90 valence electrons. The van der Waals surface area contributed by atoms with E-state index in [4.69, 9.17) is 28.9 Å². The third-order valence-electron chi connectivity index (χ3n) is 2.56. The fraction of sp³-hybridized carbons (Fsp3) is 0.250. The Bertz CT molecular complexity index is 488. The zero-order valence-corrected chi connectivity index (χ0v) is 10.7. The van der Waals surface area contributed by atoms with Gasteiger partial charge in [0.25, 0.3) is 0 Å². The first-order valence-corrected chi connectivity index (χ1v) is 6.11. The molecule has 0 unspecified atom stereocenters. The van der Waals surface area contributed by atoms with E-state index in [1.54, 1.807) is 6.20 Å². The Kier molecular flexibility index (Phi) is 4.05. The first-order valence-electron chi connectivity index (χ1n) is 5.35. The zero-order valence-electron chi connectivity index (χ0n) is 9.24. The smallest absolute Gasteiger partial charge is 0.110 e. The van der Waals surface area contributed by atoms with Crippen LogP contribution in [0.2, 0.25) is 10.0 Å². The van der Waals surface area contributed by atoms with Crippen LogP contribution in [-0.4, -0.2) is 16.1 Å². The van der Waals surface area contributed by atoms with Gasteiger partial charge in [-0.25, -0.2) is 4.98 Å². The molecule has 17 heavy (non-hydrogen) atoms. The number of hydrogen-bond donors (Lipinski definition) is 1. The summed E-state index contributed by atoms with van der Waals surface area (Å²) in [5.41, 5.74) is 6.45. The van der Waals surface area contributed by atoms with Crippen LogP contribution in [0.15, 0.2) is 30.6 Å². The molecule has 0 atom stereocenters. The molecule has 0 radical (unpaired) electrons.